The lowest BCUT2D eigenvalue weighted by atomic mass is 9.98. The lowest BCUT2D eigenvalue weighted by molar-refractivity contribution is 0.699. The van der Waals surface area contributed by atoms with Crippen molar-refractivity contribution in [3.8, 4) is 0 Å². The maximum Gasteiger partial charge on any atom is 0.222 e. The van der Waals surface area contributed by atoms with Crippen molar-refractivity contribution >= 4 is 39.1 Å². The van der Waals surface area contributed by atoms with E-state index in [-0.39, 0.29) is 5.95 Å². The van der Waals surface area contributed by atoms with Crippen molar-refractivity contribution in [3.05, 3.63) is 15.6 Å². The van der Waals surface area contributed by atoms with Gasteiger partial charge in [0.25, 0.3) is 0 Å². The van der Waals surface area contributed by atoms with E-state index in [2.05, 4.69) is 9.97 Å². The van der Waals surface area contributed by atoms with Gasteiger partial charge in [0, 0.05) is 4.88 Å². The molecule has 0 unspecified atom stereocenters. The largest absolute Gasteiger partial charge is 0.368 e. The fourth-order valence-electron chi connectivity index (χ4n) is 2.10. The van der Waals surface area contributed by atoms with Gasteiger partial charge in [-0.15, -0.1) is 11.3 Å². The summed E-state index contributed by atoms with van der Waals surface area (Å²) in [6.45, 7) is 0. The Kier molecular flexibility index (Phi) is 2.07. The van der Waals surface area contributed by atoms with Crippen LogP contribution in [0, 0.1) is 0 Å². The first-order valence-electron chi connectivity index (χ1n) is 4.99. The molecule has 15 heavy (non-hydrogen) atoms. The van der Waals surface area contributed by atoms with Gasteiger partial charge in [0.2, 0.25) is 5.95 Å². The molecule has 1 aliphatic carbocycles. The van der Waals surface area contributed by atoms with Crippen LogP contribution in [0.2, 0.25) is 5.15 Å². The number of anilines is 1. The number of aryl methyl sites for hydroxylation is 2. The molecule has 0 aliphatic heterocycles. The Balaban J connectivity index is 2.37. The van der Waals surface area contributed by atoms with Crippen molar-refractivity contribution in [1.29, 1.82) is 0 Å². The molecule has 3 rings (SSSR count). The Morgan fingerprint density at radius 2 is 2.00 bits per heavy atom. The molecule has 2 heterocycles. The minimum atomic E-state index is 0.277. The maximum atomic E-state index is 6.06. The summed E-state index contributed by atoms with van der Waals surface area (Å²) in [6, 6.07) is 0. The summed E-state index contributed by atoms with van der Waals surface area (Å²) in [6.07, 6.45) is 4.75. The number of hydrogen-bond donors (Lipinski definition) is 1. The van der Waals surface area contributed by atoms with E-state index in [0.717, 1.165) is 23.1 Å². The third-order valence-corrected chi connectivity index (χ3v) is 4.44. The molecule has 0 spiro atoms. The van der Waals surface area contributed by atoms with E-state index < -0.39 is 0 Å². The molecule has 0 bridgehead atoms. The summed E-state index contributed by atoms with van der Waals surface area (Å²) < 4.78 is 0.998. The van der Waals surface area contributed by atoms with Crippen LogP contribution in [0.1, 0.15) is 23.3 Å². The van der Waals surface area contributed by atoms with Crippen molar-refractivity contribution in [2.75, 3.05) is 5.73 Å². The summed E-state index contributed by atoms with van der Waals surface area (Å²) in [5.74, 6) is 0.277. The predicted octanol–water partition coefficient (Wildman–Crippen LogP) is 2.81. The van der Waals surface area contributed by atoms with Crippen LogP contribution in [0.4, 0.5) is 5.95 Å². The standard InChI is InChI=1S/C10H10ClN3S/c11-9-8-7(13-10(12)14-9)5-3-1-2-4-6(5)15-8/h1-4H2,(H2,12,13,14). The summed E-state index contributed by atoms with van der Waals surface area (Å²) in [4.78, 5) is 9.70. The zero-order chi connectivity index (χ0) is 10.4. The second-order valence-corrected chi connectivity index (χ2v) is 5.22. The molecule has 0 amide bonds. The quantitative estimate of drug-likeness (QED) is 0.720. The number of rotatable bonds is 0. The van der Waals surface area contributed by atoms with Crippen LogP contribution in [0.15, 0.2) is 0 Å². The van der Waals surface area contributed by atoms with Gasteiger partial charge in [-0.1, -0.05) is 11.6 Å². The molecule has 0 atom stereocenters. The van der Waals surface area contributed by atoms with Crippen LogP contribution < -0.4 is 5.73 Å². The minimum absolute atomic E-state index is 0.277. The number of nitrogens with zero attached hydrogens (tertiary/aromatic N) is 2. The van der Waals surface area contributed by atoms with E-state index in [1.165, 1.54) is 23.3 Å². The van der Waals surface area contributed by atoms with Crippen molar-refractivity contribution in [1.82, 2.24) is 9.97 Å². The zero-order valence-electron chi connectivity index (χ0n) is 8.09. The SMILES string of the molecule is Nc1nc(Cl)c2sc3c(c2n1)CCCC3. The van der Waals surface area contributed by atoms with Gasteiger partial charge in [0.05, 0.1) is 10.2 Å². The number of halogens is 1. The third-order valence-electron chi connectivity index (χ3n) is 2.77. The van der Waals surface area contributed by atoms with Gasteiger partial charge in [0.15, 0.2) is 5.15 Å². The molecule has 2 N–H and O–H groups in total. The molecule has 3 nitrogen and oxygen atoms in total. The summed E-state index contributed by atoms with van der Waals surface area (Å²) >= 11 is 7.78. The average molecular weight is 240 g/mol. The molecule has 0 saturated heterocycles. The Morgan fingerprint density at radius 1 is 1.20 bits per heavy atom. The highest BCUT2D eigenvalue weighted by Crippen LogP contribution is 2.38. The van der Waals surface area contributed by atoms with Crippen LogP contribution in [-0.4, -0.2) is 9.97 Å². The Morgan fingerprint density at radius 3 is 2.87 bits per heavy atom. The predicted molar refractivity (Wildman–Crippen MR) is 63.5 cm³/mol. The van der Waals surface area contributed by atoms with Crippen molar-refractivity contribution in [3.63, 3.8) is 0 Å². The van der Waals surface area contributed by atoms with E-state index in [4.69, 9.17) is 17.3 Å². The van der Waals surface area contributed by atoms with Crippen LogP contribution in [0.3, 0.4) is 0 Å². The molecule has 78 valence electrons. The number of hydrogen-bond acceptors (Lipinski definition) is 4. The zero-order valence-corrected chi connectivity index (χ0v) is 9.66. The Labute approximate surface area is 96.3 Å². The first kappa shape index (κ1) is 9.36. The van der Waals surface area contributed by atoms with Crippen LogP contribution in [0.25, 0.3) is 10.2 Å². The highest BCUT2D eigenvalue weighted by molar-refractivity contribution is 7.19. The van der Waals surface area contributed by atoms with Gasteiger partial charge < -0.3 is 5.73 Å². The first-order chi connectivity index (χ1) is 7.25. The number of thiophene rings is 1. The van der Waals surface area contributed by atoms with E-state index in [1.54, 1.807) is 11.3 Å². The molecule has 2 aromatic heterocycles. The van der Waals surface area contributed by atoms with Crippen molar-refractivity contribution in [2.24, 2.45) is 0 Å². The van der Waals surface area contributed by atoms with Gasteiger partial charge in [-0.3, -0.25) is 0 Å². The van der Waals surface area contributed by atoms with Gasteiger partial charge >= 0.3 is 0 Å². The molecule has 2 aromatic rings. The highest BCUT2D eigenvalue weighted by atomic mass is 35.5. The molecule has 0 aromatic carbocycles. The van der Waals surface area contributed by atoms with E-state index >= 15 is 0 Å². The molecule has 1 aliphatic rings. The molecular formula is C10H10ClN3S. The van der Waals surface area contributed by atoms with Crippen molar-refractivity contribution in [2.45, 2.75) is 25.7 Å². The van der Waals surface area contributed by atoms with Gasteiger partial charge in [-0.25, -0.2) is 4.98 Å². The normalized spacial score (nSPS) is 15.5. The average Bonchev–Trinajstić information content (AvgIpc) is 2.57. The van der Waals surface area contributed by atoms with Crippen LogP contribution in [0.5, 0.6) is 0 Å². The molecule has 0 radical (unpaired) electrons. The van der Waals surface area contributed by atoms with Gasteiger partial charge in [0.1, 0.15) is 0 Å². The monoisotopic (exact) mass is 239 g/mol. The maximum absolute atomic E-state index is 6.06. The smallest absolute Gasteiger partial charge is 0.222 e. The third kappa shape index (κ3) is 1.40. The second kappa shape index (κ2) is 3.32. The Hall–Kier alpha value is -0.870. The number of fused-ring (bicyclic) bond motifs is 3. The first-order valence-corrected chi connectivity index (χ1v) is 6.18. The molecule has 0 saturated carbocycles. The van der Waals surface area contributed by atoms with Gasteiger partial charge in [-0.2, -0.15) is 4.98 Å². The molecule has 0 fully saturated rings. The van der Waals surface area contributed by atoms with Crippen molar-refractivity contribution < 1.29 is 0 Å². The lowest BCUT2D eigenvalue weighted by Crippen LogP contribution is -2.00. The minimum Gasteiger partial charge on any atom is -0.368 e. The number of nitrogens with two attached hydrogens (primary N) is 1. The Bertz CT molecular complexity index is 535. The molecular weight excluding hydrogens is 230 g/mol. The van der Waals surface area contributed by atoms with Crippen LogP contribution >= 0.6 is 22.9 Å². The van der Waals surface area contributed by atoms with Crippen LogP contribution in [-0.2, 0) is 12.8 Å². The lowest BCUT2D eigenvalue weighted by Gasteiger charge is -2.09. The number of nitrogen functional groups attached to an aromatic ring is 1. The summed E-state index contributed by atoms with van der Waals surface area (Å²) in [5.41, 5.74) is 7.94. The fraction of sp³-hybridized carbons (Fsp3) is 0.400. The number of aromatic nitrogens is 2. The second-order valence-electron chi connectivity index (χ2n) is 3.76. The summed E-state index contributed by atoms with van der Waals surface area (Å²) in [5, 5.41) is 0.497. The van der Waals surface area contributed by atoms with E-state index in [0.29, 0.717) is 5.15 Å². The topological polar surface area (TPSA) is 51.8 Å². The molecule has 5 heteroatoms. The van der Waals surface area contributed by atoms with E-state index in [9.17, 15) is 0 Å². The highest BCUT2D eigenvalue weighted by Gasteiger charge is 2.19. The van der Waals surface area contributed by atoms with Gasteiger partial charge in [-0.05, 0) is 31.2 Å². The summed E-state index contributed by atoms with van der Waals surface area (Å²) in [7, 11) is 0. The van der Waals surface area contributed by atoms with E-state index in [1.807, 2.05) is 0 Å². The fourth-order valence-corrected chi connectivity index (χ4v) is 3.60.